The first-order valence-electron chi connectivity index (χ1n) is 14.0. The minimum atomic E-state index is -2.58. The Labute approximate surface area is 240 Å². The van der Waals surface area contributed by atoms with Gasteiger partial charge in [0.15, 0.2) is 0 Å². The zero-order chi connectivity index (χ0) is 28.7. The van der Waals surface area contributed by atoms with E-state index >= 15 is 0 Å². The number of aromatic nitrogens is 6. The molecule has 0 unspecified atom stereocenters. The summed E-state index contributed by atoms with van der Waals surface area (Å²) in [6.07, 6.45) is 6.01. The number of methoxy groups -OCH3 is 1. The molecule has 41 heavy (non-hydrogen) atoms. The lowest BCUT2D eigenvalue weighted by Gasteiger charge is -2.28. The van der Waals surface area contributed by atoms with Gasteiger partial charge in [-0.05, 0) is 30.4 Å². The van der Waals surface area contributed by atoms with Crippen molar-refractivity contribution >= 4 is 28.6 Å². The summed E-state index contributed by atoms with van der Waals surface area (Å²) in [6, 6.07) is 2.39. The molecule has 13 heteroatoms. The van der Waals surface area contributed by atoms with E-state index in [1.165, 1.54) is 19.0 Å². The molecule has 2 fully saturated rings. The van der Waals surface area contributed by atoms with Crippen LogP contribution in [0.1, 0.15) is 45.4 Å². The topological polar surface area (TPSA) is 115 Å². The maximum absolute atomic E-state index is 14.3. The number of halogens is 3. The maximum atomic E-state index is 14.3. The molecule has 0 amide bonds. The van der Waals surface area contributed by atoms with Crippen molar-refractivity contribution in [2.45, 2.75) is 70.6 Å². The number of fused-ring (bicyclic) bond motifs is 1. The predicted molar refractivity (Wildman–Crippen MR) is 150 cm³/mol. The summed E-state index contributed by atoms with van der Waals surface area (Å²) < 4.78 is 40.9. The zero-order valence-electron chi connectivity index (χ0n) is 22.9. The fourth-order valence-electron chi connectivity index (χ4n) is 6.17. The molecule has 0 spiro atoms. The van der Waals surface area contributed by atoms with Crippen LogP contribution in [-0.4, -0.2) is 61.9 Å². The molecule has 1 saturated heterocycles. The largest absolute Gasteiger partial charge is 0.439 e. The van der Waals surface area contributed by atoms with Gasteiger partial charge in [0.1, 0.15) is 5.69 Å². The summed E-state index contributed by atoms with van der Waals surface area (Å²) >= 11 is 6.32. The Balaban J connectivity index is 1.54. The van der Waals surface area contributed by atoms with Gasteiger partial charge in [-0.1, -0.05) is 49.4 Å². The van der Waals surface area contributed by atoms with Gasteiger partial charge >= 0.3 is 5.76 Å². The predicted octanol–water partition coefficient (Wildman–Crippen LogP) is 5.57. The van der Waals surface area contributed by atoms with E-state index in [-0.39, 0.29) is 18.3 Å². The van der Waals surface area contributed by atoms with Gasteiger partial charge < -0.3 is 14.2 Å². The standard InChI is InChI=1S/C28H32ClF2N7O3/c1-15-3-5-16(6-4-15)7-8-37-24-20(34-27(37)38-14-19(40-2)10-22(38)25(30)31)11-21(26-35-28(39)41-36-26)33-23(24)17-9-18(29)13-32-12-17/h9,11-13,15-16,19,22,25H,3-8,10,14H2,1-2H3,(H,35,36,39)/t15?,16?,19-,22+/m1/s1. The second-order valence-electron chi connectivity index (χ2n) is 11.2. The summed E-state index contributed by atoms with van der Waals surface area (Å²) in [7, 11) is 1.54. The Morgan fingerprint density at radius 2 is 2.00 bits per heavy atom. The molecule has 1 aliphatic carbocycles. The molecular weight excluding hydrogens is 556 g/mol. The average Bonchev–Trinajstić information content (AvgIpc) is 3.68. The highest BCUT2D eigenvalue weighted by Gasteiger charge is 2.41. The van der Waals surface area contributed by atoms with Crippen LogP contribution in [0.2, 0.25) is 5.02 Å². The second-order valence-corrected chi connectivity index (χ2v) is 11.6. The fraction of sp³-hybridized carbons (Fsp3) is 0.536. The number of imidazole rings is 1. The van der Waals surface area contributed by atoms with Crippen LogP contribution in [0.3, 0.4) is 0 Å². The van der Waals surface area contributed by atoms with E-state index in [9.17, 15) is 13.6 Å². The molecule has 4 aromatic rings. The minimum absolute atomic E-state index is 0.131. The number of hydrogen-bond donors (Lipinski definition) is 1. The van der Waals surface area contributed by atoms with Crippen LogP contribution >= 0.6 is 11.6 Å². The lowest BCUT2D eigenvalue weighted by molar-refractivity contribution is 0.0869. The van der Waals surface area contributed by atoms with Gasteiger partial charge in [-0.2, -0.15) is 0 Å². The van der Waals surface area contributed by atoms with Gasteiger partial charge in [0.25, 0.3) is 6.43 Å². The first-order chi connectivity index (χ1) is 19.8. The Kier molecular flexibility index (Phi) is 7.78. The van der Waals surface area contributed by atoms with Crippen molar-refractivity contribution in [3.8, 4) is 22.8 Å². The Bertz CT molecular complexity index is 1580. The quantitative estimate of drug-likeness (QED) is 0.285. The summed E-state index contributed by atoms with van der Waals surface area (Å²) in [5.41, 5.74) is 2.64. The maximum Gasteiger partial charge on any atom is 0.439 e. The molecule has 2 atom stereocenters. The number of aromatic amines is 1. The number of ether oxygens (including phenoxy) is 1. The lowest BCUT2D eigenvalue weighted by Crippen LogP contribution is -2.37. The van der Waals surface area contributed by atoms with Crippen molar-refractivity contribution in [1.82, 2.24) is 29.7 Å². The summed E-state index contributed by atoms with van der Waals surface area (Å²) in [4.78, 5) is 29.9. The van der Waals surface area contributed by atoms with Gasteiger partial charge in [0.05, 0.1) is 33.9 Å². The molecule has 0 radical (unpaired) electrons. The summed E-state index contributed by atoms with van der Waals surface area (Å²) in [6.45, 7) is 3.16. The van der Waals surface area contributed by atoms with E-state index in [0.717, 1.165) is 25.2 Å². The first kappa shape index (κ1) is 27.8. The normalized spacial score (nSPS) is 23.2. The number of anilines is 1. The van der Waals surface area contributed by atoms with Crippen molar-refractivity contribution in [2.24, 2.45) is 11.8 Å². The van der Waals surface area contributed by atoms with Crippen LogP contribution in [0.15, 0.2) is 33.8 Å². The van der Waals surface area contributed by atoms with Gasteiger partial charge in [-0.3, -0.25) is 14.5 Å². The van der Waals surface area contributed by atoms with E-state index in [0.29, 0.717) is 58.0 Å². The van der Waals surface area contributed by atoms with E-state index in [4.69, 9.17) is 30.8 Å². The Hall–Kier alpha value is -3.38. The van der Waals surface area contributed by atoms with E-state index < -0.39 is 18.2 Å². The van der Waals surface area contributed by atoms with Crippen LogP contribution in [0, 0.1) is 11.8 Å². The van der Waals surface area contributed by atoms with Crippen molar-refractivity contribution in [2.75, 3.05) is 18.6 Å². The highest BCUT2D eigenvalue weighted by molar-refractivity contribution is 6.30. The molecule has 0 bridgehead atoms. The van der Waals surface area contributed by atoms with E-state index in [1.807, 2.05) is 4.57 Å². The van der Waals surface area contributed by atoms with Crippen LogP contribution < -0.4 is 10.7 Å². The monoisotopic (exact) mass is 587 g/mol. The number of pyridine rings is 2. The number of rotatable bonds is 8. The molecule has 1 N–H and O–H groups in total. The van der Waals surface area contributed by atoms with E-state index in [2.05, 4.69) is 22.0 Å². The van der Waals surface area contributed by atoms with Crippen LogP contribution in [-0.2, 0) is 11.3 Å². The fourth-order valence-corrected chi connectivity index (χ4v) is 6.35. The molecule has 0 aromatic carbocycles. The minimum Gasteiger partial charge on any atom is -0.380 e. The van der Waals surface area contributed by atoms with Crippen molar-refractivity contribution in [1.29, 1.82) is 0 Å². The van der Waals surface area contributed by atoms with Crippen molar-refractivity contribution in [3.63, 3.8) is 0 Å². The molecule has 5 heterocycles. The zero-order valence-corrected chi connectivity index (χ0v) is 23.7. The molecular formula is C28H32ClF2N7O3. The first-order valence-corrected chi connectivity index (χ1v) is 14.3. The molecule has 10 nitrogen and oxygen atoms in total. The Morgan fingerprint density at radius 3 is 2.68 bits per heavy atom. The van der Waals surface area contributed by atoms with Crippen molar-refractivity contribution < 1.29 is 18.0 Å². The molecule has 1 saturated carbocycles. The van der Waals surface area contributed by atoms with Gasteiger partial charge in [-0.25, -0.2) is 23.5 Å². The van der Waals surface area contributed by atoms with Gasteiger partial charge in [-0.15, -0.1) is 0 Å². The number of alkyl halides is 2. The van der Waals surface area contributed by atoms with Crippen molar-refractivity contribution in [3.05, 3.63) is 40.1 Å². The van der Waals surface area contributed by atoms with Crippen LogP contribution in [0.25, 0.3) is 33.8 Å². The highest BCUT2D eigenvalue weighted by atomic mass is 35.5. The Morgan fingerprint density at radius 1 is 1.20 bits per heavy atom. The van der Waals surface area contributed by atoms with Gasteiger partial charge in [0, 0.05) is 44.6 Å². The van der Waals surface area contributed by atoms with Crippen LogP contribution in [0.4, 0.5) is 14.7 Å². The number of nitrogens with one attached hydrogen (secondary N) is 1. The third kappa shape index (κ3) is 5.59. The average molecular weight is 588 g/mol. The molecule has 1 aliphatic heterocycles. The lowest BCUT2D eigenvalue weighted by atomic mass is 9.81. The highest BCUT2D eigenvalue weighted by Crippen LogP contribution is 2.38. The van der Waals surface area contributed by atoms with Crippen LogP contribution in [0.5, 0.6) is 0 Å². The second kappa shape index (κ2) is 11.5. The number of H-pyrrole nitrogens is 1. The smallest absolute Gasteiger partial charge is 0.380 e. The third-order valence-corrected chi connectivity index (χ3v) is 8.65. The molecule has 6 rings (SSSR count). The number of aryl methyl sites for hydroxylation is 1. The summed E-state index contributed by atoms with van der Waals surface area (Å²) in [5, 5.41) is 4.22. The third-order valence-electron chi connectivity index (χ3n) is 8.45. The number of hydrogen-bond acceptors (Lipinski definition) is 8. The molecule has 218 valence electrons. The summed E-state index contributed by atoms with van der Waals surface area (Å²) in [5.74, 6) is 1.12. The number of nitrogens with zero attached hydrogens (tertiary/aromatic N) is 6. The van der Waals surface area contributed by atoms with Gasteiger partial charge in [0.2, 0.25) is 11.8 Å². The van der Waals surface area contributed by atoms with E-state index in [1.54, 1.807) is 30.3 Å². The SMILES string of the molecule is CO[C@@H]1C[C@@H](C(F)F)N(c2nc3cc(-c4noc(=O)[nH]4)nc(-c4cncc(Cl)c4)c3n2CCC2CCC(C)CC2)C1. The molecule has 4 aromatic heterocycles. The molecule has 2 aliphatic rings.